The molecule has 9 heteroatoms. The second kappa shape index (κ2) is 8.96. The highest BCUT2D eigenvalue weighted by Crippen LogP contribution is 2.41. The van der Waals surface area contributed by atoms with Crippen LogP contribution in [-0.4, -0.2) is 53.2 Å². The Morgan fingerprint density at radius 2 is 2.24 bits per heavy atom. The van der Waals surface area contributed by atoms with Gasteiger partial charge in [0.2, 0.25) is 11.8 Å². The number of hydrogen-bond acceptors (Lipinski definition) is 6. The molecule has 1 aliphatic heterocycles. The van der Waals surface area contributed by atoms with Crippen molar-refractivity contribution >= 4 is 41.1 Å². The number of nitrogens with zero attached hydrogens (tertiary/aromatic N) is 1. The summed E-state index contributed by atoms with van der Waals surface area (Å²) in [5.74, 6) is -0.631. The molecule has 1 atom stereocenters. The van der Waals surface area contributed by atoms with E-state index in [1.165, 1.54) is 22.7 Å². The summed E-state index contributed by atoms with van der Waals surface area (Å²) in [6.45, 7) is 1.42. The molecular weight excluding hydrogens is 368 g/mol. The lowest BCUT2D eigenvalue weighted by atomic mass is 10.1. The van der Waals surface area contributed by atoms with Gasteiger partial charge in [-0.25, -0.2) is 0 Å². The Bertz CT molecular complexity index is 670. The summed E-state index contributed by atoms with van der Waals surface area (Å²) in [4.78, 5) is 37.0. The van der Waals surface area contributed by atoms with Crippen LogP contribution in [0.15, 0.2) is 18.2 Å². The predicted octanol–water partition coefficient (Wildman–Crippen LogP) is 1.69. The smallest absolute Gasteiger partial charge is 0.325 e. The number of rotatable bonds is 6. The number of benzene rings is 1. The standard InChI is InChI=1S/C16H19ClN2O5S/c1-2-24-15(23)8-18-13(21)9-19-14(22)5-6-25-16(19)11-7-10(17)3-4-12(11)20/h3-4,7,16,20H,2,5-6,8-9H2,1H3,(H,18,21). The second-order valence-electron chi connectivity index (χ2n) is 5.28. The van der Waals surface area contributed by atoms with Crippen molar-refractivity contribution in [2.75, 3.05) is 25.4 Å². The van der Waals surface area contributed by atoms with Crippen molar-refractivity contribution in [3.05, 3.63) is 28.8 Å². The molecule has 7 nitrogen and oxygen atoms in total. The predicted molar refractivity (Wildman–Crippen MR) is 94.3 cm³/mol. The average molecular weight is 387 g/mol. The second-order valence-corrected chi connectivity index (χ2v) is 6.90. The number of phenolic OH excluding ortho intramolecular Hbond substituents is 1. The zero-order valence-electron chi connectivity index (χ0n) is 13.7. The van der Waals surface area contributed by atoms with Crippen LogP contribution in [0.1, 0.15) is 24.3 Å². The normalized spacial score (nSPS) is 17.3. The van der Waals surface area contributed by atoms with Crippen molar-refractivity contribution in [2.45, 2.75) is 18.7 Å². The maximum atomic E-state index is 12.3. The molecule has 0 saturated carbocycles. The van der Waals surface area contributed by atoms with Crippen LogP contribution >= 0.6 is 23.4 Å². The van der Waals surface area contributed by atoms with Crippen molar-refractivity contribution in [1.29, 1.82) is 0 Å². The molecule has 0 spiro atoms. The Morgan fingerprint density at radius 1 is 1.48 bits per heavy atom. The molecule has 2 N–H and O–H groups in total. The fourth-order valence-electron chi connectivity index (χ4n) is 2.37. The largest absolute Gasteiger partial charge is 0.508 e. The Labute approximate surface area is 154 Å². The van der Waals surface area contributed by atoms with E-state index in [0.717, 1.165) is 0 Å². The van der Waals surface area contributed by atoms with Gasteiger partial charge >= 0.3 is 5.97 Å². The van der Waals surface area contributed by atoms with Gasteiger partial charge in [0, 0.05) is 22.8 Å². The summed E-state index contributed by atoms with van der Waals surface area (Å²) in [6, 6.07) is 4.58. The van der Waals surface area contributed by atoms with Crippen LogP contribution < -0.4 is 5.32 Å². The molecule has 0 bridgehead atoms. The van der Waals surface area contributed by atoms with Gasteiger partial charge in [0.1, 0.15) is 24.2 Å². The van der Waals surface area contributed by atoms with Gasteiger partial charge in [-0.1, -0.05) is 11.6 Å². The molecule has 1 unspecified atom stereocenters. The molecule has 25 heavy (non-hydrogen) atoms. The maximum Gasteiger partial charge on any atom is 0.325 e. The zero-order chi connectivity index (χ0) is 18.4. The Morgan fingerprint density at radius 3 is 2.96 bits per heavy atom. The number of carbonyl (C=O) groups is 3. The van der Waals surface area contributed by atoms with E-state index in [9.17, 15) is 19.5 Å². The molecule has 1 aromatic rings. The highest BCUT2D eigenvalue weighted by molar-refractivity contribution is 7.99. The number of ether oxygens (including phenoxy) is 1. The van der Waals surface area contributed by atoms with Gasteiger partial charge in [0.15, 0.2) is 0 Å². The quantitative estimate of drug-likeness (QED) is 0.722. The van der Waals surface area contributed by atoms with Gasteiger partial charge in [-0.2, -0.15) is 0 Å². The number of aromatic hydroxyl groups is 1. The molecule has 0 aliphatic carbocycles. The van der Waals surface area contributed by atoms with Crippen LogP contribution in [0, 0.1) is 0 Å². The molecule has 2 amide bonds. The third-order valence-corrected chi connectivity index (χ3v) is 5.00. The fraction of sp³-hybridized carbons (Fsp3) is 0.438. The summed E-state index contributed by atoms with van der Waals surface area (Å²) < 4.78 is 4.74. The van der Waals surface area contributed by atoms with E-state index in [1.54, 1.807) is 19.1 Å². The van der Waals surface area contributed by atoms with E-state index in [-0.39, 0.29) is 31.4 Å². The highest BCUT2D eigenvalue weighted by atomic mass is 35.5. The molecular formula is C16H19ClN2O5S. The minimum atomic E-state index is -0.542. The number of nitrogens with one attached hydrogen (secondary N) is 1. The van der Waals surface area contributed by atoms with Crippen LogP contribution in [0.4, 0.5) is 0 Å². The number of halogens is 1. The number of phenols is 1. The molecule has 1 saturated heterocycles. The van der Waals surface area contributed by atoms with Crippen molar-refractivity contribution in [1.82, 2.24) is 10.2 Å². The lowest BCUT2D eigenvalue weighted by Gasteiger charge is -2.35. The minimum Gasteiger partial charge on any atom is -0.508 e. The number of amides is 2. The first kappa shape index (κ1) is 19.4. The van der Waals surface area contributed by atoms with Gasteiger partial charge in [0.05, 0.1) is 6.61 Å². The third-order valence-electron chi connectivity index (χ3n) is 3.50. The topological polar surface area (TPSA) is 95.9 Å². The lowest BCUT2D eigenvalue weighted by Crippen LogP contribution is -2.45. The van der Waals surface area contributed by atoms with Crippen LogP contribution in [0.5, 0.6) is 5.75 Å². The van der Waals surface area contributed by atoms with Gasteiger partial charge in [-0.05, 0) is 25.1 Å². The average Bonchev–Trinajstić information content (AvgIpc) is 2.57. The van der Waals surface area contributed by atoms with Gasteiger partial charge < -0.3 is 20.1 Å². The summed E-state index contributed by atoms with van der Waals surface area (Å²) in [5, 5.41) is 12.4. The fourth-order valence-corrected chi connectivity index (χ4v) is 3.80. The molecule has 1 fully saturated rings. The highest BCUT2D eigenvalue weighted by Gasteiger charge is 2.33. The van der Waals surface area contributed by atoms with Gasteiger partial charge in [0.25, 0.3) is 0 Å². The van der Waals surface area contributed by atoms with Crippen molar-refractivity contribution in [3.8, 4) is 5.75 Å². The van der Waals surface area contributed by atoms with E-state index in [1.807, 2.05) is 0 Å². The number of thioether (sulfide) groups is 1. The van der Waals surface area contributed by atoms with Crippen molar-refractivity contribution in [2.24, 2.45) is 0 Å². The van der Waals surface area contributed by atoms with Crippen LogP contribution in [-0.2, 0) is 19.1 Å². The van der Waals surface area contributed by atoms with E-state index in [4.69, 9.17) is 16.3 Å². The Balaban J connectivity index is 2.09. The molecule has 1 aromatic carbocycles. The molecule has 0 aromatic heterocycles. The molecule has 136 valence electrons. The monoisotopic (exact) mass is 386 g/mol. The Kier molecular flexibility index (Phi) is 6.95. The summed E-state index contributed by atoms with van der Waals surface area (Å²) >= 11 is 7.43. The molecule has 1 heterocycles. The lowest BCUT2D eigenvalue weighted by molar-refractivity contribution is -0.143. The van der Waals surface area contributed by atoms with Crippen molar-refractivity contribution < 1.29 is 24.2 Å². The first-order valence-corrected chi connectivity index (χ1v) is 9.16. The van der Waals surface area contributed by atoms with Gasteiger partial charge in [-0.15, -0.1) is 11.8 Å². The third kappa shape index (κ3) is 5.27. The van der Waals surface area contributed by atoms with Crippen LogP contribution in [0.25, 0.3) is 0 Å². The minimum absolute atomic E-state index is 0.00790. The number of esters is 1. The summed E-state index contributed by atoms with van der Waals surface area (Å²) in [6.07, 6.45) is 0.299. The number of hydrogen-bond donors (Lipinski definition) is 2. The first-order valence-electron chi connectivity index (χ1n) is 7.74. The summed E-state index contributed by atoms with van der Waals surface area (Å²) in [7, 11) is 0. The van der Waals surface area contributed by atoms with E-state index < -0.39 is 17.3 Å². The SMILES string of the molecule is CCOC(=O)CNC(=O)CN1C(=O)CCSC1c1cc(Cl)ccc1O. The van der Waals surface area contributed by atoms with Crippen molar-refractivity contribution in [3.63, 3.8) is 0 Å². The Hall–Kier alpha value is -1.93. The molecule has 0 radical (unpaired) electrons. The van der Waals surface area contributed by atoms with E-state index in [2.05, 4.69) is 5.32 Å². The molecule has 1 aliphatic rings. The molecule has 2 rings (SSSR count). The van der Waals surface area contributed by atoms with Crippen LogP contribution in [0.3, 0.4) is 0 Å². The zero-order valence-corrected chi connectivity index (χ0v) is 15.2. The summed E-state index contributed by atoms with van der Waals surface area (Å²) in [5.41, 5.74) is 0.476. The van der Waals surface area contributed by atoms with Gasteiger partial charge in [-0.3, -0.25) is 14.4 Å². The van der Waals surface area contributed by atoms with E-state index in [0.29, 0.717) is 22.8 Å². The number of carbonyl (C=O) groups excluding carboxylic acids is 3. The van der Waals surface area contributed by atoms with E-state index >= 15 is 0 Å². The van der Waals surface area contributed by atoms with Crippen LogP contribution in [0.2, 0.25) is 5.02 Å². The maximum absolute atomic E-state index is 12.3. The first-order chi connectivity index (χ1) is 11.9.